The molecule has 18 heavy (non-hydrogen) atoms. The lowest BCUT2D eigenvalue weighted by Gasteiger charge is -2.07. The van der Waals surface area contributed by atoms with Gasteiger partial charge in [0.05, 0.1) is 33.0 Å². The fraction of sp³-hybridized carbons (Fsp3) is 0.583. The second-order valence-corrected chi connectivity index (χ2v) is 4.51. The molecule has 102 valence electrons. The number of rotatable bonds is 9. The van der Waals surface area contributed by atoms with Crippen LogP contribution in [0.3, 0.4) is 0 Å². The Morgan fingerprint density at radius 3 is 2.50 bits per heavy atom. The van der Waals surface area contributed by atoms with Gasteiger partial charge in [0.15, 0.2) is 0 Å². The lowest BCUT2D eigenvalue weighted by molar-refractivity contribution is 0.0229. The first kappa shape index (κ1) is 15.4. The number of ether oxygens (including phenoxy) is 3. The topological polar surface area (TPSA) is 49.7 Å². The Balaban J connectivity index is 2.11. The number of halogens is 1. The van der Waals surface area contributed by atoms with Crippen LogP contribution in [0, 0.1) is 0 Å². The van der Waals surface area contributed by atoms with Crippen molar-refractivity contribution in [3.05, 3.63) is 33.2 Å². The first-order chi connectivity index (χ1) is 8.74. The summed E-state index contributed by atoms with van der Waals surface area (Å²) >= 11 is 3.32. The number of hydrogen-bond donors (Lipinski definition) is 0. The molecule has 6 heteroatoms. The fourth-order valence-electron chi connectivity index (χ4n) is 1.30. The molecule has 0 spiro atoms. The van der Waals surface area contributed by atoms with Gasteiger partial charge in [0.25, 0.3) is 5.56 Å². The maximum absolute atomic E-state index is 11.5. The first-order valence-corrected chi connectivity index (χ1v) is 6.54. The van der Waals surface area contributed by atoms with E-state index in [2.05, 4.69) is 15.9 Å². The predicted octanol–water partition coefficient (Wildman–Crippen LogP) is 1.29. The van der Waals surface area contributed by atoms with Crippen molar-refractivity contribution in [2.45, 2.75) is 6.54 Å². The Morgan fingerprint density at radius 2 is 1.78 bits per heavy atom. The highest BCUT2D eigenvalue weighted by molar-refractivity contribution is 9.10. The average molecular weight is 320 g/mol. The van der Waals surface area contributed by atoms with Crippen molar-refractivity contribution in [2.75, 3.05) is 40.1 Å². The van der Waals surface area contributed by atoms with Crippen LogP contribution in [0.2, 0.25) is 0 Å². The Bertz CT molecular complexity index is 394. The molecule has 0 saturated carbocycles. The fourth-order valence-corrected chi connectivity index (χ4v) is 1.68. The third kappa shape index (κ3) is 6.30. The summed E-state index contributed by atoms with van der Waals surface area (Å²) in [6.45, 7) is 3.25. The first-order valence-electron chi connectivity index (χ1n) is 5.74. The standard InChI is InChI=1S/C12H18BrNO4/c1-16-6-7-18-9-8-17-5-4-14-10-11(13)2-3-12(14)15/h2-3,10H,4-9H2,1H3. The van der Waals surface area contributed by atoms with Crippen LogP contribution in [0.25, 0.3) is 0 Å². The van der Waals surface area contributed by atoms with E-state index in [1.807, 2.05) is 0 Å². The smallest absolute Gasteiger partial charge is 0.250 e. The third-order valence-electron chi connectivity index (χ3n) is 2.23. The second-order valence-electron chi connectivity index (χ2n) is 3.60. The van der Waals surface area contributed by atoms with E-state index in [0.717, 1.165) is 4.47 Å². The number of nitrogens with zero attached hydrogens (tertiary/aromatic N) is 1. The van der Waals surface area contributed by atoms with Crippen LogP contribution in [0.1, 0.15) is 0 Å². The van der Waals surface area contributed by atoms with E-state index < -0.39 is 0 Å². The van der Waals surface area contributed by atoms with Crippen molar-refractivity contribution in [1.82, 2.24) is 4.57 Å². The van der Waals surface area contributed by atoms with Crippen LogP contribution < -0.4 is 5.56 Å². The second kappa shape index (κ2) is 9.27. The maximum atomic E-state index is 11.5. The summed E-state index contributed by atoms with van der Waals surface area (Å²) in [5.74, 6) is 0. The zero-order chi connectivity index (χ0) is 13.2. The summed E-state index contributed by atoms with van der Waals surface area (Å²) < 4.78 is 17.9. The Labute approximate surface area is 115 Å². The molecule has 0 bridgehead atoms. The number of hydrogen-bond acceptors (Lipinski definition) is 4. The van der Waals surface area contributed by atoms with Gasteiger partial charge in [-0.1, -0.05) is 0 Å². The van der Waals surface area contributed by atoms with E-state index in [9.17, 15) is 4.79 Å². The van der Waals surface area contributed by atoms with Gasteiger partial charge in [0.2, 0.25) is 0 Å². The molecule has 0 aliphatic carbocycles. The van der Waals surface area contributed by atoms with E-state index in [0.29, 0.717) is 39.6 Å². The quantitative estimate of drug-likeness (QED) is 0.644. The van der Waals surface area contributed by atoms with Crippen molar-refractivity contribution < 1.29 is 14.2 Å². The highest BCUT2D eigenvalue weighted by atomic mass is 79.9. The highest BCUT2D eigenvalue weighted by Gasteiger charge is 1.97. The van der Waals surface area contributed by atoms with Gasteiger partial charge >= 0.3 is 0 Å². The molecule has 0 N–H and O–H groups in total. The molecule has 0 aliphatic rings. The summed E-state index contributed by atoms with van der Waals surface area (Å²) in [6, 6.07) is 3.25. The van der Waals surface area contributed by atoms with E-state index in [4.69, 9.17) is 14.2 Å². The summed E-state index contributed by atoms with van der Waals surface area (Å²) in [6.07, 6.45) is 1.75. The van der Waals surface area contributed by atoms with E-state index in [1.54, 1.807) is 23.9 Å². The lowest BCUT2D eigenvalue weighted by Crippen LogP contribution is -2.21. The van der Waals surface area contributed by atoms with Crippen LogP contribution in [0.15, 0.2) is 27.6 Å². The normalized spacial score (nSPS) is 10.8. The zero-order valence-corrected chi connectivity index (χ0v) is 12.0. The summed E-state index contributed by atoms with van der Waals surface area (Å²) in [4.78, 5) is 11.5. The minimum atomic E-state index is -0.0295. The third-order valence-corrected chi connectivity index (χ3v) is 2.70. The predicted molar refractivity (Wildman–Crippen MR) is 71.9 cm³/mol. The molecule has 0 aromatic carbocycles. The van der Waals surface area contributed by atoms with Gasteiger partial charge in [-0.15, -0.1) is 0 Å². The van der Waals surface area contributed by atoms with Crippen molar-refractivity contribution in [1.29, 1.82) is 0 Å². The molecular weight excluding hydrogens is 302 g/mol. The molecule has 0 radical (unpaired) electrons. The van der Waals surface area contributed by atoms with E-state index >= 15 is 0 Å². The molecule has 1 heterocycles. The van der Waals surface area contributed by atoms with Crippen LogP contribution in [0.4, 0.5) is 0 Å². The SMILES string of the molecule is COCCOCCOCCn1cc(Br)ccc1=O. The van der Waals surface area contributed by atoms with Crippen LogP contribution in [0.5, 0.6) is 0 Å². The van der Waals surface area contributed by atoms with Gasteiger partial charge in [0, 0.05) is 30.4 Å². The van der Waals surface area contributed by atoms with Gasteiger partial charge in [0.1, 0.15) is 0 Å². The molecule has 1 aromatic heterocycles. The minimum Gasteiger partial charge on any atom is -0.382 e. The van der Waals surface area contributed by atoms with Crippen LogP contribution in [-0.2, 0) is 20.8 Å². The van der Waals surface area contributed by atoms with Crippen molar-refractivity contribution in [3.8, 4) is 0 Å². The summed E-state index contributed by atoms with van der Waals surface area (Å²) in [5, 5.41) is 0. The molecule has 0 saturated heterocycles. The monoisotopic (exact) mass is 319 g/mol. The largest absolute Gasteiger partial charge is 0.382 e. The van der Waals surface area contributed by atoms with Gasteiger partial charge in [-0.05, 0) is 22.0 Å². The lowest BCUT2D eigenvalue weighted by atomic mass is 10.4. The molecule has 1 rings (SSSR count). The molecule has 1 aromatic rings. The Kier molecular flexibility index (Phi) is 7.91. The van der Waals surface area contributed by atoms with Crippen LogP contribution in [-0.4, -0.2) is 44.7 Å². The van der Waals surface area contributed by atoms with Gasteiger partial charge in [-0.2, -0.15) is 0 Å². The summed E-state index contributed by atoms with van der Waals surface area (Å²) in [7, 11) is 1.63. The highest BCUT2D eigenvalue weighted by Crippen LogP contribution is 2.04. The summed E-state index contributed by atoms with van der Waals surface area (Å²) in [5.41, 5.74) is -0.0295. The van der Waals surface area contributed by atoms with Gasteiger partial charge in [-0.25, -0.2) is 0 Å². The Hall–Kier alpha value is -0.690. The molecule has 0 aliphatic heterocycles. The Morgan fingerprint density at radius 1 is 1.11 bits per heavy atom. The van der Waals surface area contributed by atoms with E-state index in [-0.39, 0.29) is 5.56 Å². The van der Waals surface area contributed by atoms with Crippen molar-refractivity contribution in [3.63, 3.8) is 0 Å². The van der Waals surface area contributed by atoms with Gasteiger partial charge in [-0.3, -0.25) is 4.79 Å². The number of aromatic nitrogens is 1. The van der Waals surface area contributed by atoms with E-state index in [1.165, 1.54) is 6.07 Å². The molecule has 5 nitrogen and oxygen atoms in total. The molecule has 0 fully saturated rings. The number of pyridine rings is 1. The number of methoxy groups -OCH3 is 1. The zero-order valence-electron chi connectivity index (χ0n) is 10.4. The maximum Gasteiger partial charge on any atom is 0.250 e. The van der Waals surface area contributed by atoms with Gasteiger partial charge < -0.3 is 18.8 Å². The molecular formula is C12H18BrNO4. The molecule has 0 amide bonds. The minimum absolute atomic E-state index is 0.0295. The van der Waals surface area contributed by atoms with Crippen molar-refractivity contribution in [2.24, 2.45) is 0 Å². The average Bonchev–Trinajstić information content (AvgIpc) is 2.36. The van der Waals surface area contributed by atoms with Crippen LogP contribution >= 0.6 is 15.9 Å². The van der Waals surface area contributed by atoms with Crippen molar-refractivity contribution >= 4 is 15.9 Å². The molecule has 0 unspecified atom stereocenters. The molecule has 0 atom stereocenters.